The lowest BCUT2D eigenvalue weighted by atomic mass is 9.91. The van der Waals surface area contributed by atoms with Gasteiger partial charge >= 0.3 is 6.09 Å². The first-order chi connectivity index (χ1) is 9.51. The maximum atomic E-state index is 12.1. The van der Waals surface area contributed by atoms with Crippen LogP contribution in [-0.2, 0) is 15.1 Å². The van der Waals surface area contributed by atoms with Crippen molar-refractivity contribution in [3.05, 3.63) is 23.8 Å². The number of likely N-dealkylation sites (N-methyl/N-ethyl adjacent to an activating group) is 1. The number of nitrogens with zero attached hydrogens (tertiary/aromatic N) is 1. The van der Waals surface area contributed by atoms with Crippen molar-refractivity contribution in [3.63, 3.8) is 0 Å². The Morgan fingerprint density at radius 3 is 2.24 bits per heavy atom. The number of rotatable bonds is 3. The van der Waals surface area contributed by atoms with Gasteiger partial charge in [-0.3, -0.25) is 4.90 Å². The third kappa shape index (κ3) is 3.65. The lowest BCUT2D eigenvalue weighted by Gasteiger charge is -2.36. The Kier molecular flexibility index (Phi) is 4.51. The average Bonchev–Trinajstić information content (AvgIpc) is 2.34. The van der Waals surface area contributed by atoms with Crippen molar-refractivity contribution < 1.29 is 24.5 Å². The van der Waals surface area contributed by atoms with E-state index in [4.69, 9.17) is 4.74 Å². The molecule has 0 saturated heterocycles. The van der Waals surface area contributed by atoms with Crippen LogP contribution in [0.1, 0.15) is 33.3 Å². The summed E-state index contributed by atoms with van der Waals surface area (Å²) in [5, 5.41) is 19.2. The van der Waals surface area contributed by atoms with Gasteiger partial charge in [0.2, 0.25) is 0 Å². The lowest BCUT2D eigenvalue weighted by molar-refractivity contribution is -0.117. The molecule has 0 bridgehead atoms. The van der Waals surface area contributed by atoms with Gasteiger partial charge in [0.25, 0.3) is 0 Å². The van der Waals surface area contributed by atoms with Crippen LogP contribution in [-0.4, -0.2) is 40.1 Å². The summed E-state index contributed by atoms with van der Waals surface area (Å²) in [5.74, 6) is -0.413. The van der Waals surface area contributed by atoms with E-state index in [-0.39, 0.29) is 17.1 Å². The summed E-state index contributed by atoms with van der Waals surface area (Å²) < 4.78 is 5.23. The number of phenols is 2. The van der Waals surface area contributed by atoms with Gasteiger partial charge in [-0.25, -0.2) is 4.79 Å². The lowest BCUT2D eigenvalue weighted by Crippen LogP contribution is -2.48. The highest BCUT2D eigenvalue weighted by atomic mass is 16.6. The summed E-state index contributed by atoms with van der Waals surface area (Å²) in [6.45, 7) is 6.63. The van der Waals surface area contributed by atoms with Crippen molar-refractivity contribution in [2.45, 2.75) is 38.8 Å². The molecule has 1 atom stereocenters. The first kappa shape index (κ1) is 16.8. The molecule has 0 radical (unpaired) electrons. The van der Waals surface area contributed by atoms with Crippen LogP contribution in [0.25, 0.3) is 0 Å². The Hall–Kier alpha value is -2.24. The summed E-state index contributed by atoms with van der Waals surface area (Å²) >= 11 is 0. The topological polar surface area (TPSA) is 87.1 Å². The number of aldehydes is 1. The predicted octanol–water partition coefficient (Wildman–Crippen LogP) is 2.38. The molecule has 2 N–H and O–H groups in total. The third-order valence-corrected chi connectivity index (χ3v) is 3.12. The number of phenolic OH excluding ortho intramolecular Hbond substituents is 2. The van der Waals surface area contributed by atoms with Gasteiger partial charge in [0, 0.05) is 18.7 Å². The van der Waals surface area contributed by atoms with Gasteiger partial charge < -0.3 is 19.7 Å². The van der Waals surface area contributed by atoms with E-state index >= 15 is 0 Å². The molecule has 1 rings (SSSR count). The molecule has 6 heteroatoms. The predicted molar refractivity (Wildman–Crippen MR) is 77.2 cm³/mol. The number of benzene rings is 1. The van der Waals surface area contributed by atoms with Crippen molar-refractivity contribution in [2.24, 2.45) is 0 Å². The zero-order chi connectivity index (χ0) is 16.4. The zero-order valence-electron chi connectivity index (χ0n) is 12.9. The molecule has 21 heavy (non-hydrogen) atoms. The molecule has 1 unspecified atom stereocenters. The van der Waals surface area contributed by atoms with E-state index in [0.717, 1.165) is 11.0 Å². The van der Waals surface area contributed by atoms with E-state index in [1.165, 1.54) is 26.1 Å². The minimum Gasteiger partial charge on any atom is -0.508 e. The average molecular weight is 295 g/mol. The molecule has 1 aromatic carbocycles. The maximum Gasteiger partial charge on any atom is 0.411 e. The quantitative estimate of drug-likeness (QED) is 0.836. The molecule has 0 aliphatic heterocycles. The number of carbonyl (C=O) groups is 2. The van der Waals surface area contributed by atoms with Crippen LogP contribution in [0, 0.1) is 0 Å². The molecule has 0 aliphatic carbocycles. The molecule has 0 aromatic heterocycles. The normalized spacial score (nSPS) is 14.1. The van der Waals surface area contributed by atoms with Crippen molar-refractivity contribution in [1.29, 1.82) is 0 Å². The van der Waals surface area contributed by atoms with E-state index in [0.29, 0.717) is 6.29 Å². The number of aromatic hydroxyl groups is 2. The fourth-order valence-electron chi connectivity index (χ4n) is 1.79. The van der Waals surface area contributed by atoms with Crippen LogP contribution >= 0.6 is 0 Å². The molecule has 1 amide bonds. The first-order valence-electron chi connectivity index (χ1n) is 6.47. The van der Waals surface area contributed by atoms with Crippen LogP contribution in [0.5, 0.6) is 11.5 Å². The summed E-state index contributed by atoms with van der Waals surface area (Å²) in [6.07, 6.45) is -0.146. The first-order valence-corrected chi connectivity index (χ1v) is 6.47. The van der Waals surface area contributed by atoms with Crippen LogP contribution in [0.15, 0.2) is 18.2 Å². The number of amides is 1. The molecule has 0 heterocycles. The van der Waals surface area contributed by atoms with Gasteiger partial charge in [-0.2, -0.15) is 0 Å². The van der Waals surface area contributed by atoms with Crippen LogP contribution in [0.2, 0.25) is 0 Å². The molecule has 0 fully saturated rings. The van der Waals surface area contributed by atoms with Gasteiger partial charge in [-0.15, -0.1) is 0 Å². The zero-order valence-corrected chi connectivity index (χ0v) is 12.9. The van der Waals surface area contributed by atoms with Crippen LogP contribution in [0.3, 0.4) is 0 Å². The van der Waals surface area contributed by atoms with Gasteiger partial charge in [0.15, 0.2) is 0 Å². The highest BCUT2D eigenvalue weighted by molar-refractivity contribution is 5.79. The Balaban J connectivity index is 3.20. The van der Waals surface area contributed by atoms with E-state index < -0.39 is 17.2 Å². The maximum absolute atomic E-state index is 12.1. The minimum atomic E-state index is -1.42. The number of hydrogen-bond acceptors (Lipinski definition) is 5. The standard InChI is InChI=1S/C15H21NO5/c1-14(2,3)21-13(20)16(5)15(4,9-17)11-7-6-10(18)8-12(11)19/h6-9,18-19H,1-5H3. The Bertz CT molecular complexity index is 549. The highest BCUT2D eigenvalue weighted by Gasteiger charge is 2.38. The largest absolute Gasteiger partial charge is 0.508 e. The monoisotopic (exact) mass is 295 g/mol. The van der Waals surface area contributed by atoms with E-state index in [1.807, 2.05) is 0 Å². The smallest absolute Gasteiger partial charge is 0.411 e. The van der Waals surface area contributed by atoms with Gasteiger partial charge in [-0.1, -0.05) is 0 Å². The van der Waals surface area contributed by atoms with E-state index in [1.54, 1.807) is 20.8 Å². The van der Waals surface area contributed by atoms with Crippen molar-refractivity contribution >= 4 is 12.4 Å². The van der Waals surface area contributed by atoms with Crippen molar-refractivity contribution in [2.75, 3.05) is 7.05 Å². The van der Waals surface area contributed by atoms with Gasteiger partial charge in [0.05, 0.1) is 0 Å². The van der Waals surface area contributed by atoms with Crippen molar-refractivity contribution in [1.82, 2.24) is 4.90 Å². The van der Waals surface area contributed by atoms with Crippen LogP contribution < -0.4 is 0 Å². The second kappa shape index (κ2) is 5.63. The molecule has 1 aromatic rings. The minimum absolute atomic E-state index is 0.135. The molecule has 0 saturated carbocycles. The van der Waals surface area contributed by atoms with E-state index in [9.17, 15) is 19.8 Å². The van der Waals surface area contributed by atoms with Gasteiger partial charge in [-0.05, 0) is 39.8 Å². The fraction of sp³-hybridized carbons (Fsp3) is 0.467. The molecule has 0 aliphatic rings. The third-order valence-electron chi connectivity index (χ3n) is 3.12. The van der Waals surface area contributed by atoms with E-state index in [2.05, 4.69) is 0 Å². The summed E-state index contributed by atoms with van der Waals surface area (Å²) in [5.41, 5.74) is -1.92. The number of hydrogen-bond donors (Lipinski definition) is 2. The Morgan fingerprint density at radius 2 is 1.81 bits per heavy atom. The molecule has 116 valence electrons. The molecule has 0 spiro atoms. The second-order valence-electron chi connectivity index (χ2n) is 6.01. The molecule has 6 nitrogen and oxygen atoms in total. The highest BCUT2D eigenvalue weighted by Crippen LogP contribution is 2.35. The van der Waals surface area contributed by atoms with Crippen LogP contribution in [0.4, 0.5) is 4.79 Å². The molecular weight excluding hydrogens is 274 g/mol. The number of ether oxygens (including phenoxy) is 1. The Morgan fingerprint density at radius 1 is 1.24 bits per heavy atom. The van der Waals surface area contributed by atoms with Gasteiger partial charge in [0.1, 0.15) is 28.9 Å². The summed E-state index contributed by atoms with van der Waals surface area (Å²) in [4.78, 5) is 24.8. The molecular formula is C15H21NO5. The number of carbonyl (C=O) groups excluding carboxylic acids is 2. The SMILES string of the molecule is CN(C(=O)OC(C)(C)C)C(C)(C=O)c1ccc(O)cc1O. The summed E-state index contributed by atoms with van der Waals surface area (Å²) in [6, 6.07) is 3.83. The van der Waals surface area contributed by atoms with Crippen molar-refractivity contribution in [3.8, 4) is 11.5 Å². The fourth-order valence-corrected chi connectivity index (χ4v) is 1.79. The summed E-state index contributed by atoms with van der Waals surface area (Å²) in [7, 11) is 1.41. The second-order valence-corrected chi connectivity index (χ2v) is 6.01. The Labute approximate surface area is 124 Å².